The largest absolute Gasteiger partial charge is 0.493 e. The number of thiazole rings is 1. The number of ether oxygens (including phenoxy) is 4. The quantitative estimate of drug-likeness (QED) is 0.470. The zero-order valence-electron chi connectivity index (χ0n) is 19.8. The molecule has 1 aromatic heterocycles. The summed E-state index contributed by atoms with van der Waals surface area (Å²) in [4.78, 5) is 18.8. The van der Waals surface area contributed by atoms with E-state index in [4.69, 9.17) is 18.9 Å². The van der Waals surface area contributed by atoms with Crippen LogP contribution >= 0.6 is 11.3 Å². The van der Waals surface area contributed by atoms with Crippen LogP contribution in [0.25, 0.3) is 11.3 Å². The topological polar surface area (TPSA) is 82.2 Å². The number of nitrogens with one attached hydrogen (secondary N) is 1. The summed E-state index contributed by atoms with van der Waals surface area (Å²) in [5.74, 6) is 0.601. The standard InChI is InChI=1S/C24H24F3N3O5S/c1-32-19-11-15(12-20(33-2)21(19)34-3)17-13-36-23(28-17)29-22(31)14-4-5-18(16(10-14)24(25,26)27)30-6-8-35-9-7-30/h4-5,10-13H,6-9H2,1-3H3,(H,28,29,31). The Hall–Kier alpha value is -3.51. The summed E-state index contributed by atoms with van der Waals surface area (Å²) in [6, 6.07) is 6.99. The van der Waals surface area contributed by atoms with Crippen molar-refractivity contribution in [1.82, 2.24) is 4.98 Å². The lowest BCUT2D eigenvalue weighted by atomic mass is 10.1. The van der Waals surface area contributed by atoms with Crippen molar-refractivity contribution in [3.05, 3.63) is 46.8 Å². The highest BCUT2D eigenvalue weighted by molar-refractivity contribution is 7.14. The van der Waals surface area contributed by atoms with Crippen LogP contribution in [0.1, 0.15) is 15.9 Å². The molecule has 1 amide bonds. The molecule has 1 N–H and O–H groups in total. The molecule has 8 nitrogen and oxygen atoms in total. The van der Waals surface area contributed by atoms with Crippen LogP contribution in [-0.4, -0.2) is 58.5 Å². The van der Waals surface area contributed by atoms with Gasteiger partial charge in [-0.2, -0.15) is 13.2 Å². The second kappa shape index (κ2) is 10.6. The number of nitrogens with zero attached hydrogens (tertiary/aromatic N) is 2. The number of amides is 1. The predicted molar refractivity (Wildman–Crippen MR) is 130 cm³/mol. The van der Waals surface area contributed by atoms with Gasteiger partial charge >= 0.3 is 6.18 Å². The smallest absolute Gasteiger partial charge is 0.418 e. The van der Waals surface area contributed by atoms with Gasteiger partial charge in [-0.3, -0.25) is 10.1 Å². The number of methoxy groups -OCH3 is 3. The molecule has 3 aromatic rings. The van der Waals surface area contributed by atoms with E-state index in [0.717, 1.165) is 17.4 Å². The zero-order chi connectivity index (χ0) is 25.9. The van der Waals surface area contributed by atoms with Crippen LogP contribution in [0.2, 0.25) is 0 Å². The molecule has 1 aliphatic heterocycles. The Morgan fingerprint density at radius 2 is 1.72 bits per heavy atom. The van der Waals surface area contributed by atoms with E-state index in [1.165, 1.54) is 33.5 Å². The summed E-state index contributed by atoms with van der Waals surface area (Å²) in [6.45, 7) is 1.38. The van der Waals surface area contributed by atoms with Crippen molar-refractivity contribution in [3.8, 4) is 28.5 Å². The first kappa shape index (κ1) is 25.6. The molecule has 0 saturated carbocycles. The fourth-order valence-corrected chi connectivity index (χ4v) is 4.56. The van der Waals surface area contributed by atoms with Gasteiger partial charge in [0, 0.05) is 35.3 Å². The van der Waals surface area contributed by atoms with Crippen LogP contribution in [0.15, 0.2) is 35.7 Å². The van der Waals surface area contributed by atoms with E-state index in [0.29, 0.717) is 54.8 Å². The Morgan fingerprint density at radius 3 is 2.31 bits per heavy atom. The predicted octanol–water partition coefficient (Wildman–Crippen LogP) is 4.94. The zero-order valence-corrected chi connectivity index (χ0v) is 20.6. The maximum atomic E-state index is 13.8. The van der Waals surface area contributed by atoms with Crippen LogP contribution in [0.5, 0.6) is 17.2 Å². The van der Waals surface area contributed by atoms with E-state index in [2.05, 4.69) is 10.3 Å². The number of hydrogen-bond donors (Lipinski definition) is 1. The number of halogens is 3. The summed E-state index contributed by atoms with van der Waals surface area (Å²) in [6.07, 6.45) is -4.62. The molecule has 2 heterocycles. The summed E-state index contributed by atoms with van der Waals surface area (Å²) in [5.41, 5.74) is 0.211. The monoisotopic (exact) mass is 523 g/mol. The highest BCUT2D eigenvalue weighted by Gasteiger charge is 2.36. The highest BCUT2D eigenvalue weighted by atomic mass is 32.1. The van der Waals surface area contributed by atoms with E-state index in [1.807, 2.05) is 0 Å². The van der Waals surface area contributed by atoms with E-state index < -0.39 is 17.6 Å². The van der Waals surface area contributed by atoms with Crippen molar-refractivity contribution in [2.24, 2.45) is 0 Å². The molecule has 0 spiro atoms. The molecule has 1 aliphatic rings. The Morgan fingerprint density at radius 1 is 1.06 bits per heavy atom. The average Bonchev–Trinajstić information content (AvgIpc) is 3.35. The summed E-state index contributed by atoms with van der Waals surface area (Å²) in [5, 5.41) is 4.52. The fourth-order valence-electron chi connectivity index (χ4n) is 3.85. The van der Waals surface area contributed by atoms with Gasteiger partial charge in [0.25, 0.3) is 5.91 Å². The van der Waals surface area contributed by atoms with Crippen LogP contribution in [0, 0.1) is 0 Å². The summed E-state index contributed by atoms with van der Waals surface area (Å²) < 4.78 is 62.7. The molecule has 192 valence electrons. The Kier molecular flexibility index (Phi) is 7.55. The van der Waals surface area contributed by atoms with Crippen molar-refractivity contribution >= 4 is 28.1 Å². The van der Waals surface area contributed by atoms with Crippen molar-refractivity contribution in [1.29, 1.82) is 0 Å². The van der Waals surface area contributed by atoms with Gasteiger partial charge in [0.05, 0.1) is 45.8 Å². The highest BCUT2D eigenvalue weighted by Crippen LogP contribution is 2.42. The van der Waals surface area contributed by atoms with Gasteiger partial charge in [-0.25, -0.2) is 4.98 Å². The first-order chi connectivity index (χ1) is 17.2. The molecule has 36 heavy (non-hydrogen) atoms. The molecule has 1 fully saturated rings. The number of hydrogen-bond acceptors (Lipinski definition) is 8. The van der Waals surface area contributed by atoms with Gasteiger partial charge in [-0.05, 0) is 30.3 Å². The molecular weight excluding hydrogens is 499 g/mol. The lowest BCUT2D eigenvalue weighted by Gasteiger charge is -2.31. The van der Waals surface area contributed by atoms with Crippen LogP contribution < -0.4 is 24.4 Å². The number of morpholine rings is 1. The lowest BCUT2D eigenvalue weighted by molar-refractivity contribution is -0.137. The van der Waals surface area contributed by atoms with Gasteiger partial charge in [-0.15, -0.1) is 11.3 Å². The van der Waals surface area contributed by atoms with Gasteiger partial charge in [0.2, 0.25) is 5.75 Å². The van der Waals surface area contributed by atoms with E-state index in [-0.39, 0.29) is 16.4 Å². The molecule has 0 unspecified atom stereocenters. The molecule has 4 rings (SSSR count). The molecular formula is C24H24F3N3O5S. The van der Waals surface area contributed by atoms with Gasteiger partial charge in [0.1, 0.15) is 0 Å². The maximum absolute atomic E-state index is 13.8. The van der Waals surface area contributed by atoms with Crippen LogP contribution in [0.4, 0.5) is 24.0 Å². The van der Waals surface area contributed by atoms with Gasteiger partial charge < -0.3 is 23.8 Å². The first-order valence-corrected chi connectivity index (χ1v) is 11.7. The minimum Gasteiger partial charge on any atom is -0.493 e. The minimum atomic E-state index is -4.62. The Balaban J connectivity index is 1.57. The third kappa shape index (κ3) is 5.34. The van der Waals surface area contributed by atoms with E-state index in [1.54, 1.807) is 22.4 Å². The molecule has 12 heteroatoms. The maximum Gasteiger partial charge on any atom is 0.418 e. The lowest BCUT2D eigenvalue weighted by Crippen LogP contribution is -2.37. The Labute approximate surface area is 209 Å². The van der Waals surface area contributed by atoms with Crippen molar-refractivity contribution in [2.75, 3.05) is 57.8 Å². The van der Waals surface area contributed by atoms with Crippen molar-refractivity contribution in [3.63, 3.8) is 0 Å². The molecule has 2 aromatic carbocycles. The van der Waals surface area contributed by atoms with Crippen LogP contribution in [-0.2, 0) is 10.9 Å². The molecule has 0 aliphatic carbocycles. The van der Waals surface area contributed by atoms with E-state index in [9.17, 15) is 18.0 Å². The SMILES string of the molecule is COc1cc(-c2csc(NC(=O)c3ccc(N4CCOCC4)c(C(F)(F)F)c3)n2)cc(OC)c1OC. The number of benzene rings is 2. The van der Waals surface area contributed by atoms with Crippen molar-refractivity contribution < 1.29 is 36.9 Å². The Bertz CT molecular complexity index is 1220. The molecule has 0 radical (unpaired) electrons. The second-order valence-electron chi connectivity index (χ2n) is 7.74. The number of anilines is 2. The second-order valence-corrected chi connectivity index (χ2v) is 8.59. The third-order valence-electron chi connectivity index (χ3n) is 5.60. The van der Waals surface area contributed by atoms with Crippen molar-refractivity contribution in [2.45, 2.75) is 6.18 Å². The number of alkyl halides is 3. The number of carbonyl (C=O) groups is 1. The molecule has 1 saturated heterocycles. The normalized spacial score (nSPS) is 13.9. The van der Waals surface area contributed by atoms with Gasteiger partial charge in [-0.1, -0.05) is 0 Å². The minimum absolute atomic E-state index is 0.0290. The summed E-state index contributed by atoms with van der Waals surface area (Å²) >= 11 is 1.14. The first-order valence-electron chi connectivity index (χ1n) is 10.9. The number of aromatic nitrogens is 1. The van der Waals surface area contributed by atoms with Gasteiger partial charge in [0.15, 0.2) is 16.6 Å². The van der Waals surface area contributed by atoms with Crippen LogP contribution in [0.3, 0.4) is 0 Å². The number of carbonyl (C=O) groups excluding carboxylic acids is 1. The summed E-state index contributed by atoms with van der Waals surface area (Å²) in [7, 11) is 4.48. The molecule has 0 bridgehead atoms. The average molecular weight is 524 g/mol. The van der Waals surface area contributed by atoms with E-state index >= 15 is 0 Å². The molecule has 0 atom stereocenters. The fraction of sp³-hybridized carbons (Fsp3) is 0.333. The number of rotatable bonds is 7. The third-order valence-corrected chi connectivity index (χ3v) is 6.36.